The summed E-state index contributed by atoms with van der Waals surface area (Å²) in [6.45, 7) is 4.23. The third kappa shape index (κ3) is 1.69. The van der Waals surface area contributed by atoms with Crippen LogP contribution in [-0.2, 0) is 0 Å². The van der Waals surface area contributed by atoms with E-state index in [1.807, 2.05) is 12.1 Å². The van der Waals surface area contributed by atoms with E-state index in [-0.39, 0.29) is 6.17 Å². The summed E-state index contributed by atoms with van der Waals surface area (Å²) < 4.78 is 0. The molecule has 0 aliphatic carbocycles. The molecule has 0 saturated carbocycles. The van der Waals surface area contributed by atoms with E-state index >= 15 is 0 Å². The lowest BCUT2D eigenvalue weighted by atomic mass is 10.2. The second-order valence-electron chi connectivity index (χ2n) is 3.64. The zero-order chi connectivity index (χ0) is 9.97. The summed E-state index contributed by atoms with van der Waals surface area (Å²) in [5.74, 6) is 1.43. The fourth-order valence-electron chi connectivity index (χ4n) is 1.36. The molecule has 1 aliphatic heterocycles. The number of aromatic nitrogens is 1. The second-order valence-corrected chi connectivity index (χ2v) is 3.64. The summed E-state index contributed by atoms with van der Waals surface area (Å²) in [5, 5.41) is 7.55. The van der Waals surface area contributed by atoms with Crippen LogP contribution in [0.5, 0.6) is 0 Å². The van der Waals surface area contributed by atoms with Gasteiger partial charge >= 0.3 is 0 Å². The first-order valence-corrected chi connectivity index (χ1v) is 4.77. The van der Waals surface area contributed by atoms with E-state index in [1.165, 1.54) is 0 Å². The maximum Gasteiger partial charge on any atom is 0.140 e. The van der Waals surface area contributed by atoms with E-state index < -0.39 is 0 Å². The molecule has 4 nitrogen and oxygen atoms in total. The minimum absolute atomic E-state index is 0.0930. The SMILES string of the molecule is CC(C)C1=NNC(c2ccncc2)N1. The van der Waals surface area contributed by atoms with Crippen LogP contribution in [0.2, 0.25) is 0 Å². The van der Waals surface area contributed by atoms with Crippen LogP contribution in [0.1, 0.15) is 25.6 Å². The minimum atomic E-state index is 0.0930. The van der Waals surface area contributed by atoms with Gasteiger partial charge in [0.1, 0.15) is 12.0 Å². The van der Waals surface area contributed by atoms with Crippen LogP contribution in [0.4, 0.5) is 0 Å². The summed E-state index contributed by atoms with van der Waals surface area (Å²) in [7, 11) is 0. The van der Waals surface area contributed by atoms with Crippen LogP contribution >= 0.6 is 0 Å². The molecule has 0 radical (unpaired) electrons. The molecule has 1 aromatic rings. The maximum atomic E-state index is 4.23. The molecule has 1 unspecified atom stereocenters. The van der Waals surface area contributed by atoms with Crippen molar-refractivity contribution in [2.45, 2.75) is 20.0 Å². The van der Waals surface area contributed by atoms with Crippen molar-refractivity contribution >= 4 is 5.84 Å². The lowest BCUT2D eigenvalue weighted by molar-refractivity contribution is 0.570. The summed E-state index contributed by atoms with van der Waals surface area (Å²) >= 11 is 0. The first kappa shape index (κ1) is 8.99. The quantitative estimate of drug-likeness (QED) is 0.737. The fourth-order valence-corrected chi connectivity index (χ4v) is 1.36. The molecule has 2 N–H and O–H groups in total. The van der Waals surface area contributed by atoms with Gasteiger partial charge in [0.2, 0.25) is 0 Å². The van der Waals surface area contributed by atoms with Crippen molar-refractivity contribution < 1.29 is 0 Å². The molecule has 0 aromatic carbocycles. The van der Waals surface area contributed by atoms with Gasteiger partial charge in [0.15, 0.2) is 0 Å². The molecule has 0 fully saturated rings. The summed E-state index contributed by atoms with van der Waals surface area (Å²) in [5.41, 5.74) is 4.21. The molecule has 2 heterocycles. The van der Waals surface area contributed by atoms with Gasteiger partial charge in [-0.2, -0.15) is 5.10 Å². The molecule has 1 atom stereocenters. The average Bonchev–Trinajstić information content (AvgIpc) is 2.68. The van der Waals surface area contributed by atoms with E-state index in [9.17, 15) is 0 Å². The number of nitrogens with zero attached hydrogens (tertiary/aromatic N) is 2. The number of hydrogen-bond acceptors (Lipinski definition) is 4. The molecule has 1 aromatic heterocycles. The smallest absolute Gasteiger partial charge is 0.140 e. The third-order valence-electron chi connectivity index (χ3n) is 2.19. The molecular weight excluding hydrogens is 176 g/mol. The first-order valence-electron chi connectivity index (χ1n) is 4.77. The number of rotatable bonds is 2. The van der Waals surface area contributed by atoms with E-state index in [4.69, 9.17) is 0 Å². The lowest BCUT2D eigenvalue weighted by Gasteiger charge is -2.12. The Morgan fingerprint density at radius 2 is 2.00 bits per heavy atom. The Morgan fingerprint density at radius 3 is 2.57 bits per heavy atom. The molecule has 2 rings (SSSR count). The van der Waals surface area contributed by atoms with Gasteiger partial charge in [-0.1, -0.05) is 13.8 Å². The zero-order valence-corrected chi connectivity index (χ0v) is 8.36. The highest BCUT2D eigenvalue weighted by Crippen LogP contribution is 2.13. The summed E-state index contributed by atoms with van der Waals surface area (Å²) in [4.78, 5) is 3.98. The van der Waals surface area contributed by atoms with E-state index in [1.54, 1.807) is 12.4 Å². The van der Waals surface area contributed by atoms with Crippen molar-refractivity contribution in [1.29, 1.82) is 0 Å². The van der Waals surface area contributed by atoms with Gasteiger partial charge in [0.05, 0.1) is 0 Å². The molecule has 14 heavy (non-hydrogen) atoms. The lowest BCUT2D eigenvalue weighted by Crippen LogP contribution is -2.29. The Hall–Kier alpha value is -1.58. The Kier molecular flexibility index (Phi) is 2.35. The molecule has 0 spiro atoms. The van der Waals surface area contributed by atoms with Gasteiger partial charge < -0.3 is 5.32 Å². The molecule has 1 aliphatic rings. The van der Waals surface area contributed by atoms with Gasteiger partial charge in [-0.3, -0.25) is 10.4 Å². The fraction of sp³-hybridized carbons (Fsp3) is 0.400. The maximum absolute atomic E-state index is 4.23. The molecule has 74 valence electrons. The molecule has 0 amide bonds. The van der Waals surface area contributed by atoms with E-state index in [0.29, 0.717) is 5.92 Å². The van der Waals surface area contributed by atoms with Gasteiger partial charge in [0.25, 0.3) is 0 Å². The normalized spacial score (nSPS) is 20.2. The van der Waals surface area contributed by atoms with Crippen LogP contribution in [-0.4, -0.2) is 10.8 Å². The number of pyridine rings is 1. The molecule has 0 bridgehead atoms. The van der Waals surface area contributed by atoms with Crippen LogP contribution < -0.4 is 10.7 Å². The second kappa shape index (κ2) is 3.65. The Balaban J connectivity index is 2.06. The van der Waals surface area contributed by atoms with Crippen molar-refractivity contribution in [2.24, 2.45) is 11.0 Å². The molecule has 0 saturated heterocycles. The Bertz CT molecular complexity index is 331. The van der Waals surface area contributed by atoms with Gasteiger partial charge in [-0.05, 0) is 17.7 Å². The van der Waals surface area contributed by atoms with Crippen molar-refractivity contribution in [3.63, 3.8) is 0 Å². The van der Waals surface area contributed by atoms with Crippen molar-refractivity contribution in [2.75, 3.05) is 0 Å². The minimum Gasteiger partial charge on any atom is -0.347 e. The predicted octanol–water partition coefficient (Wildman–Crippen LogP) is 1.24. The average molecular weight is 190 g/mol. The van der Waals surface area contributed by atoms with Crippen molar-refractivity contribution in [3.8, 4) is 0 Å². The monoisotopic (exact) mass is 190 g/mol. The number of amidine groups is 1. The predicted molar refractivity (Wildman–Crippen MR) is 55.5 cm³/mol. The highest BCUT2D eigenvalue weighted by molar-refractivity contribution is 5.85. The van der Waals surface area contributed by atoms with E-state index in [2.05, 4.69) is 34.7 Å². The first-order chi connectivity index (χ1) is 6.77. The topological polar surface area (TPSA) is 49.3 Å². The highest BCUT2D eigenvalue weighted by atomic mass is 15.4. The zero-order valence-electron chi connectivity index (χ0n) is 8.36. The summed E-state index contributed by atoms with van der Waals surface area (Å²) in [6, 6.07) is 3.95. The number of nitrogens with one attached hydrogen (secondary N) is 2. The van der Waals surface area contributed by atoms with Crippen LogP contribution in [0.25, 0.3) is 0 Å². The summed E-state index contributed by atoms with van der Waals surface area (Å²) in [6.07, 6.45) is 3.66. The molecule has 4 heteroatoms. The largest absolute Gasteiger partial charge is 0.347 e. The molecular formula is C10H14N4. The van der Waals surface area contributed by atoms with Gasteiger partial charge in [0, 0.05) is 18.3 Å². The number of hydrogen-bond donors (Lipinski definition) is 2. The third-order valence-corrected chi connectivity index (χ3v) is 2.19. The standard InChI is InChI=1S/C10H14N4/c1-7(2)9-12-10(14-13-9)8-3-5-11-6-4-8/h3-7,10,14H,1-2H3,(H,12,13). The Labute approximate surface area is 83.4 Å². The van der Waals surface area contributed by atoms with Crippen LogP contribution in [0.3, 0.4) is 0 Å². The van der Waals surface area contributed by atoms with Crippen LogP contribution in [0.15, 0.2) is 29.6 Å². The highest BCUT2D eigenvalue weighted by Gasteiger charge is 2.19. The number of hydrazone groups is 1. The van der Waals surface area contributed by atoms with Crippen LogP contribution in [0, 0.1) is 5.92 Å². The van der Waals surface area contributed by atoms with Gasteiger partial charge in [-0.25, -0.2) is 0 Å². The van der Waals surface area contributed by atoms with Crippen molar-refractivity contribution in [1.82, 2.24) is 15.7 Å². The van der Waals surface area contributed by atoms with E-state index in [0.717, 1.165) is 11.4 Å². The van der Waals surface area contributed by atoms with Crippen molar-refractivity contribution in [3.05, 3.63) is 30.1 Å². The Morgan fingerprint density at radius 1 is 1.29 bits per heavy atom. The van der Waals surface area contributed by atoms with Gasteiger partial charge in [-0.15, -0.1) is 0 Å².